The van der Waals surface area contributed by atoms with Crippen LogP contribution in [0.5, 0.6) is 0 Å². The van der Waals surface area contributed by atoms with Crippen LogP contribution in [0.2, 0.25) is 0 Å². The summed E-state index contributed by atoms with van der Waals surface area (Å²) in [5.41, 5.74) is 0.722. The van der Waals surface area contributed by atoms with Crippen LogP contribution in [0.4, 0.5) is 14.5 Å². The van der Waals surface area contributed by atoms with Gasteiger partial charge >= 0.3 is 0 Å². The first-order chi connectivity index (χ1) is 18.2. The quantitative estimate of drug-likeness (QED) is 0.446. The van der Waals surface area contributed by atoms with Crippen LogP contribution in [0.1, 0.15) is 39.9 Å². The summed E-state index contributed by atoms with van der Waals surface area (Å²) in [7, 11) is 0. The van der Waals surface area contributed by atoms with Crippen molar-refractivity contribution in [2.75, 3.05) is 11.4 Å². The number of carbonyl (C=O) groups excluding carboxylic acids is 2. The molecule has 0 spiro atoms. The number of alkyl halides is 3. The summed E-state index contributed by atoms with van der Waals surface area (Å²) in [6, 6.07) is 16.5. The summed E-state index contributed by atoms with van der Waals surface area (Å²) < 4.78 is 28.4. The predicted molar refractivity (Wildman–Crippen MR) is 140 cm³/mol. The van der Waals surface area contributed by atoms with E-state index in [1.165, 1.54) is 17.3 Å². The number of aryl methyl sites for hydroxylation is 1. The summed E-state index contributed by atoms with van der Waals surface area (Å²) in [5, 5.41) is 13.9. The Bertz CT molecular complexity index is 1340. The van der Waals surface area contributed by atoms with Crippen molar-refractivity contribution in [2.24, 2.45) is 11.8 Å². The number of anilines is 1. The molecular weight excluding hydrogens is 512 g/mol. The van der Waals surface area contributed by atoms with Gasteiger partial charge in [0.1, 0.15) is 0 Å². The van der Waals surface area contributed by atoms with Gasteiger partial charge in [-0.2, -0.15) is 0 Å². The van der Waals surface area contributed by atoms with Gasteiger partial charge < -0.3 is 15.3 Å². The summed E-state index contributed by atoms with van der Waals surface area (Å²) in [6.45, 7) is 1.95. The zero-order chi connectivity index (χ0) is 27.0. The molecule has 1 aliphatic heterocycles. The molecule has 2 heterocycles. The number of aliphatic hydroxyl groups is 1. The Hall–Kier alpha value is -3.36. The molecule has 0 bridgehead atoms. The van der Waals surface area contributed by atoms with E-state index < -0.39 is 47.1 Å². The minimum absolute atomic E-state index is 0.0125. The second-order valence-corrected chi connectivity index (χ2v) is 10.6. The molecule has 2 aliphatic rings. The minimum atomic E-state index is -2.69. The van der Waals surface area contributed by atoms with Gasteiger partial charge in [0.2, 0.25) is 6.43 Å². The molecule has 5 atom stereocenters. The Labute approximate surface area is 224 Å². The van der Waals surface area contributed by atoms with Gasteiger partial charge in [-0.3, -0.25) is 14.6 Å². The van der Waals surface area contributed by atoms with Gasteiger partial charge in [-0.25, -0.2) is 8.78 Å². The van der Waals surface area contributed by atoms with Crippen molar-refractivity contribution >= 4 is 29.1 Å². The van der Waals surface area contributed by atoms with Gasteiger partial charge in [0.25, 0.3) is 11.8 Å². The summed E-state index contributed by atoms with van der Waals surface area (Å²) in [6.07, 6.45) is 0.350. The molecule has 1 aliphatic carbocycles. The van der Waals surface area contributed by atoms with Gasteiger partial charge in [0.15, 0.2) is 5.60 Å². The van der Waals surface area contributed by atoms with E-state index in [4.69, 9.17) is 11.6 Å². The van der Waals surface area contributed by atoms with Crippen molar-refractivity contribution in [1.29, 1.82) is 0 Å². The number of carbonyl (C=O) groups is 2. The molecule has 1 saturated carbocycles. The molecule has 0 radical (unpaired) electrons. The Kier molecular flexibility index (Phi) is 7.20. The maximum absolute atomic E-state index is 14.2. The van der Waals surface area contributed by atoms with Crippen molar-refractivity contribution in [2.45, 2.75) is 43.2 Å². The molecule has 9 heteroatoms. The number of para-hydroxylation sites is 1. The summed E-state index contributed by atoms with van der Waals surface area (Å²) in [5.74, 6) is -2.63. The second-order valence-electron chi connectivity index (χ2n) is 10.1. The zero-order valence-corrected chi connectivity index (χ0v) is 21.5. The molecular formula is C29H28ClF2N3O3. The van der Waals surface area contributed by atoms with Crippen LogP contribution in [0.15, 0.2) is 73.1 Å². The summed E-state index contributed by atoms with van der Waals surface area (Å²) in [4.78, 5) is 31.8. The lowest BCUT2D eigenvalue weighted by Gasteiger charge is -2.40. The van der Waals surface area contributed by atoms with Gasteiger partial charge in [-0.05, 0) is 49.4 Å². The van der Waals surface area contributed by atoms with E-state index in [0.717, 1.165) is 5.56 Å². The molecule has 0 unspecified atom stereocenters. The van der Waals surface area contributed by atoms with Crippen molar-refractivity contribution in [3.8, 4) is 0 Å². The van der Waals surface area contributed by atoms with E-state index in [1.54, 1.807) is 54.6 Å². The number of aromatic nitrogens is 1. The highest BCUT2D eigenvalue weighted by molar-refractivity contribution is 6.21. The van der Waals surface area contributed by atoms with E-state index >= 15 is 0 Å². The van der Waals surface area contributed by atoms with Crippen LogP contribution in [0.25, 0.3) is 0 Å². The van der Waals surface area contributed by atoms with Crippen molar-refractivity contribution in [3.05, 3.63) is 95.3 Å². The average Bonchev–Trinajstić information content (AvgIpc) is 3.13. The van der Waals surface area contributed by atoms with E-state index in [1.807, 2.05) is 13.0 Å². The zero-order valence-electron chi connectivity index (χ0n) is 20.7. The van der Waals surface area contributed by atoms with Crippen LogP contribution >= 0.6 is 11.6 Å². The number of hydrogen-bond donors (Lipinski definition) is 2. The molecule has 5 rings (SSSR count). The SMILES string of the molecule is Cc1cccc([C@]2(O)C(=O)N(C[C@H]3C[C@@H](C(F)F)[C@H](NC(=O)c4cccnc4)C[C@H]3Cl)c3ccccc32)c1. The number of amides is 2. The average molecular weight is 540 g/mol. The van der Waals surface area contributed by atoms with Gasteiger partial charge in [0, 0.05) is 41.8 Å². The van der Waals surface area contributed by atoms with E-state index in [-0.39, 0.29) is 24.9 Å². The van der Waals surface area contributed by atoms with Crippen LogP contribution in [-0.2, 0) is 10.4 Å². The van der Waals surface area contributed by atoms with Crippen molar-refractivity contribution in [3.63, 3.8) is 0 Å². The van der Waals surface area contributed by atoms with Gasteiger partial charge in [-0.1, -0.05) is 48.0 Å². The lowest BCUT2D eigenvalue weighted by Crippen LogP contribution is -2.52. The van der Waals surface area contributed by atoms with Crippen LogP contribution in [0, 0.1) is 18.8 Å². The predicted octanol–water partition coefficient (Wildman–Crippen LogP) is 4.67. The summed E-state index contributed by atoms with van der Waals surface area (Å²) >= 11 is 6.73. The first-order valence-corrected chi connectivity index (χ1v) is 13.0. The van der Waals surface area contributed by atoms with Crippen molar-refractivity contribution in [1.82, 2.24) is 10.3 Å². The molecule has 2 N–H and O–H groups in total. The fraction of sp³-hybridized carbons (Fsp3) is 0.345. The minimum Gasteiger partial charge on any atom is -0.372 e. The third-order valence-electron chi connectivity index (χ3n) is 7.64. The van der Waals surface area contributed by atoms with Gasteiger partial charge in [-0.15, -0.1) is 11.6 Å². The number of rotatable bonds is 6. The number of fused-ring (bicyclic) bond motifs is 1. The third kappa shape index (κ3) is 4.67. The fourth-order valence-corrected chi connectivity index (χ4v) is 6.03. The van der Waals surface area contributed by atoms with Gasteiger partial charge in [0.05, 0.1) is 11.3 Å². The Morgan fingerprint density at radius 1 is 1.18 bits per heavy atom. The molecule has 198 valence electrons. The number of hydrogen-bond acceptors (Lipinski definition) is 4. The third-order valence-corrected chi connectivity index (χ3v) is 8.17. The number of nitrogens with one attached hydrogen (secondary N) is 1. The maximum atomic E-state index is 14.2. The number of nitrogens with zero attached hydrogens (tertiary/aromatic N) is 2. The normalized spacial score (nSPS) is 26.9. The molecule has 38 heavy (non-hydrogen) atoms. The first kappa shape index (κ1) is 26.3. The second kappa shape index (κ2) is 10.4. The highest BCUT2D eigenvalue weighted by Gasteiger charge is 2.52. The molecule has 0 saturated heterocycles. The Balaban J connectivity index is 1.39. The molecule has 1 fully saturated rings. The van der Waals surface area contributed by atoms with Crippen LogP contribution < -0.4 is 10.2 Å². The molecule has 2 aromatic carbocycles. The lowest BCUT2D eigenvalue weighted by molar-refractivity contribution is -0.132. The van der Waals surface area contributed by atoms with Crippen molar-refractivity contribution < 1.29 is 23.5 Å². The molecule has 3 aromatic rings. The lowest BCUT2D eigenvalue weighted by atomic mass is 9.77. The molecule has 6 nitrogen and oxygen atoms in total. The van der Waals surface area contributed by atoms with E-state index in [0.29, 0.717) is 16.8 Å². The van der Waals surface area contributed by atoms with Crippen LogP contribution in [-0.4, -0.2) is 46.3 Å². The standard InChI is InChI=1S/C29H28ClF2N3O3/c1-17-6-4-8-20(12-17)29(38)22-9-2-3-10-25(22)35(28(29)37)16-19-13-21(26(31)32)24(14-23(19)30)34-27(36)18-7-5-11-33-15-18/h2-12,15,19,21,23-24,26,38H,13-14,16H2,1H3,(H,34,36)/t19-,21-,23-,24-,29-/m1/s1. The molecule has 1 aromatic heterocycles. The number of benzene rings is 2. The van der Waals surface area contributed by atoms with Crippen LogP contribution in [0.3, 0.4) is 0 Å². The maximum Gasteiger partial charge on any atom is 0.268 e. The Morgan fingerprint density at radius 3 is 2.68 bits per heavy atom. The van der Waals surface area contributed by atoms with E-state index in [2.05, 4.69) is 10.3 Å². The smallest absolute Gasteiger partial charge is 0.268 e. The Morgan fingerprint density at radius 2 is 1.97 bits per heavy atom. The number of pyridine rings is 1. The topological polar surface area (TPSA) is 82.5 Å². The first-order valence-electron chi connectivity index (χ1n) is 12.5. The monoisotopic (exact) mass is 539 g/mol. The highest BCUT2D eigenvalue weighted by Crippen LogP contribution is 2.46. The number of halogens is 3. The fourth-order valence-electron chi connectivity index (χ4n) is 5.65. The highest BCUT2D eigenvalue weighted by atomic mass is 35.5. The largest absolute Gasteiger partial charge is 0.372 e. The molecule has 2 amide bonds. The van der Waals surface area contributed by atoms with E-state index in [9.17, 15) is 23.5 Å².